The van der Waals surface area contributed by atoms with Gasteiger partial charge in [0, 0.05) is 61.8 Å². The minimum Gasteiger partial charge on any atom is -0.446 e. The largest absolute Gasteiger partial charge is 0.446 e. The van der Waals surface area contributed by atoms with Gasteiger partial charge < -0.3 is 19.7 Å². The van der Waals surface area contributed by atoms with Crippen molar-refractivity contribution in [3.8, 4) is 0 Å². The standard InChI is InChI=1S/C50H72N4O9S/c1-53(44(55)21-22-64-43-26-45(56)54(48(43)58)30-32-13-17-35(18-14-32)47(57)51-38-7-2-3-8-38)50-27-34-23-36(28-50)46(37(24-34)29-50)63-62-42-12-6-11-41(25-42)61-49(59)52-39-19-15-33(16-20-39)31-60-40-9-4-5-10-40/h15-16,19-20,32,34-38,40-43,46H,2-14,17-18,21-31H2,1H3,(H,51,57)(H,52,59)/t32?,34?,35?,36?,37?,41?,42-,43?,46?,50?/m1/s1. The first-order chi connectivity index (χ1) is 31.1. The number of hydrogen-bond donors (Lipinski definition) is 2. The molecule has 1 aromatic rings. The van der Waals surface area contributed by atoms with Crippen molar-refractivity contribution in [2.24, 2.45) is 29.6 Å². The minimum atomic E-state index is -0.458. The van der Waals surface area contributed by atoms with Crippen LogP contribution in [0.2, 0.25) is 0 Å². The molecule has 1 aliphatic heterocycles. The molecule has 10 rings (SSSR count). The summed E-state index contributed by atoms with van der Waals surface area (Å²) < 4.78 is 11.9. The second kappa shape index (κ2) is 20.8. The van der Waals surface area contributed by atoms with Gasteiger partial charge in [-0.25, -0.2) is 14.6 Å². The molecule has 1 aromatic carbocycles. The topological polar surface area (TPSA) is 153 Å². The van der Waals surface area contributed by atoms with Gasteiger partial charge in [0.1, 0.15) is 6.10 Å². The molecule has 5 amide bonds. The van der Waals surface area contributed by atoms with Gasteiger partial charge in [-0.3, -0.25) is 29.4 Å². The number of imide groups is 1. The molecule has 0 spiro atoms. The van der Waals surface area contributed by atoms with Gasteiger partial charge >= 0.3 is 6.09 Å². The highest BCUT2D eigenvalue weighted by Crippen LogP contribution is 2.58. The van der Waals surface area contributed by atoms with Crippen LogP contribution in [0.4, 0.5) is 10.5 Å². The Morgan fingerprint density at radius 2 is 1.48 bits per heavy atom. The van der Waals surface area contributed by atoms with Crippen molar-refractivity contribution in [2.45, 2.75) is 196 Å². The molecule has 4 bridgehead atoms. The van der Waals surface area contributed by atoms with E-state index in [1.54, 1.807) is 0 Å². The Balaban J connectivity index is 0.676. The van der Waals surface area contributed by atoms with Crippen LogP contribution in [0.25, 0.3) is 0 Å². The number of thioether (sulfide) groups is 1. The fourth-order valence-corrected chi connectivity index (χ4v) is 14.3. The highest BCUT2D eigenvalue weighted by Gasteiger charge is 2.58. The summed E-state index contributed by atoms with van der Waals surface area (Å²) in [6.07, 6.45) is 20.8. The zero-order chi connectivity index (χ0) is 44.2. The fourth-order valence-electron chi connectivity index (χ4n) is 13.1. The van der Waals surface area contributed by atoms with E-state index in [1.165, 1.54) is 42.3 Å². The first-order valence-corrected chi connectivity index (χ1v) is 26.2. The lowest BCUT2D eigenvalue weighted by Gasteiger charge is -2.61. The second-order valence-electron chi connectivity index (χ2n) is 21.0. The molecule has 14 heteroatoms. The molecule has 8 saturated carbocycles. The molecule has 0 aromatic heterocycles. The van der Waals surface area contributed by atoms with E-state index in [1.807, 2.05) is 36.2 Å². The lowest BCUT2D eigenvalue weighted by molar-refractivity contribution is -0.387. The molecule has 9 fully saturated rings. The van der Waals surface area contributed by atoms with Gasteiger partial charge in [0.15, 0.2) is 0 Å². The molecule has 2 N–H and O–H groups in total. The minimum absolute atomic E-state index is 0.00941. The summed E-state index contributed by atoms with van der Waals surface area (Å²) in [5, 5.41) is 5.69. The maximum absolute atomic E-state index is 13.8. The highest BCUT2D eigenvalue weighted by molar-refractivity contribution is 8.00. The zero-order valence-corrected chi connectivity index (χ0v) is 38.8. The summed E-state index contributed by atoms with van der Waals surface area (Å²) in [6, 6.07) is 8.09. The Morgan fingerprint density at radius 3 is 2.22 bits per heavy atom. The summed E-state index contributed by atoms with van der Waals surface area (Å²) in [6.45, 7) is 1.03. The molecule has 352 valence electrons. The number of rotatable bonds is 17. The first kappa shape index (κ1) is 45.9. The number of nitrogens with zero attached hydrogens (tertiary/aromatic N) is 2. The van der Waals surface area contributed by atoms with Crippen LogP contribution in [-0.2, 0) is 45.0 Å². The van der Waals surface area contributed by atoms with Gasteiger partial charge in [-0.05, 0) is 144 Å². The molecular formula is C50H72N4O9S. The van der Waals surface area contributed by atoms with Crippen LogP contribution < -0.4 is 10.6 Å². The third kappa shape index (κ3) is 11.0. The molecule has 0 radical (unpaired) electrons. The molecule has 9 aliphatic rings. The van der Waals surface area contributed by atoms with Crippen molar-refractivity contribution in [2.75, 3.05) is 24.7 Å². The maximum atomic E-state index is 13.8. The summed E-state index contributed by atoms with van der Waals surface area (Å²) >= 11 is 1.45. The lowest BCUT2D eigenvalue weighted by Crippen LogP contribution is -2.64. The summed E-state index contributed by atoms with van der Waals surface area (Å²) in [5.74, 6) is 2.02. The number of amides is 5. The van der Waals surface area contributed by atoms with E-state index in [0.717, 1.165) is 108 Å². The van der Waals surface area contributed by atoms with E-state index in [9.17, 15) is 24.0 Å². The van der Waals surface area contributed by atoms with Crippen LogP contribution in [0.3, 0.4) is 0 Å². The number of carbonyl (C=O) groups excluding carboxylic acids is 5. The van der Waals surface area contributed by atoms with E-state index in [4.69, 9.17) is 19.2 Å². The summed E-state index contributed by atoms with van der Waals surface area (Å²) in [4.78, 5) is 81.9. The maximum Gasteiger partial charge on any atom is 0.411 e. The number of nitrogens with one attached hydrogen (secondary N) is 2. The van der Waals surface area contributed by atoms with Crippen LogP contribution in [0.15, 0.2) is 24.3 Å². The Bertz CT molecular complexity index is 1800. The highest BCUT2D eigenvalue weighted by atomic mass is 32.2. The Morgan fingerprint density at radius 1 is 0.797 bits per heavy atom. The van der Waals surface area contributed by atoms with Crippen LogP contribution in [0, 0.1) is 29.6 Å². The third-order valence-corrected chi connectivity index (χ3v) is 17.8. The first-order valence-electron chi connectivity index (χ1n) is 25.1. The van der Waals surface area contributed by atoms with E-state index in [-0.39, 0.29) is 65.7 Å². The summed E-state index contributed by atoms with van der Waals surface area (Å²) in [5.41, 5.74) is 1.59. The predicted molar refractivity (Wildman–Crippen MR) is 243 cm³/mol. The van der Waals surface area contributed by atoms with Gasteiger partial charge in [0.25, 0.3) is 0 Å². The van der Waals surface area contributed by atoms with Crippen LogP contribution in [0.1, 0.15) is 153 Å². The number of anilines is 1. The number of hydrogen-bond acceptors (Lipinski definition) is 10. The normalized spacial score (nSPS) is 34.1. The van der Waals surface area contributed by atoms with Crippen molar-refractivity contribution in [3.05, 3.63) is 29.8 Å². The van der Waals surface area contributed by atoms with Crippen LogP contribution >= 0.6 is 11.8 Å². The average molecular weight is 905 g/mol. The smallest absolute Gasteiger partial charge is 0.411 e. The average Bonchev–Trinajstić information content (AvgIpc) is 4.07. The van der Waals surface area contributed by atoms with Crippen molar-refractivity contribution in [1.82, 2.24) is 15.1 Å². The van der Waals surface area contributed by atoms with Gasteiger partial charge in [0.2, 0.25) is 23.6 Å². The predicted octanol–water partition coefficient (Wildman–Crippen LogP) is 8.48. The van der Waals surface area contributed by atoms with E-state index < -0.39 is 11.3 Å². The molecule has 13 nitrogen and oxygen atoms in total. The summed E-state index contributed by atoms with van der Waals surface area (Å²) in [7, 11) is 1.96. The fraction of sp³-hybridized carbons (Fsp3) is 0.780. The number of likely N-dealkylation sites (tertiary alicyclic amines) is 1. The van der Waals surface area contributed by atoms with Crippen LogP contribution in [-0.4, -0.2) is 100 Å². The molecule has 1 saturated heterocycles. The van der Waals surface area contributed by atoms with E-state index >= 15 is 0 Å². The zero-order valence-electron chi connectivity index (χ0n) is 38.0. The molecule has 1 heterocycles. The van der Waals surface area contributed by atoms with Gasteiger partial charge in [-0.2, -0.15) is 0 Å². The third-order valence-electron chi connectivity index (χ3n) is 16.6. The van der Waals surface area contributed by atoms with Gasteiger partial charge in [-0.15, -0.1) is 11.8 Å². The van der Waals surface area contributed by atoms with Gasteiger partial charge in [0.05, 0.1) is 30.2 Å². The Kier molecular flexibility index (Phi) is 14.9. The molecule has 64 heavy (non-hydrogen) atoms. The van der Waals surface area contributed by atoms with E-state index in [2.05, 4.69) is 10.6 Å². The molecule has 4 unspecified atom stereocenters. The van der Waals surface area contributed by atoms with Crippen LogP contribution in [0.5, 0.6) is 0 Å². The number of ether oxygens (including phenoxy) is 2. The molecular weight excluding hydrogens is 833 g/mol. The Hall–Kier alpha value is -3.20. The van der Waals surface area contributed by atoms with Crippen molar-refractivity contribution >= 4 is 47.2 Å². The van der Waals surface area contributed by atoms with Crippen molar-refractivity contribution < 1.29 is 43.2 Å². The number of carbonyl (C=O) groups is 5. The SMILES string of the molecule is CN(C(=O)CCSC1CC(=O)N(CC2CCC(C(=O)NC3CCCC3)CC2)C1=O)C12CC3CC(C1)C(OO[C@@H]1CCCC(OC(=O)Nc4ccc(COC5CCCC5)cc4)C1)C(C3)C2. The van der Waals surface area contributed by atoms with E-state index in [0.29, 0.717) is 67.3 Å². The van der Waals surface area contributed by atoms with Gasteiger partial charge in [-0.1, -0.05) is 37.8 Å². The Labute approximate surface area is 383 Å². The monoisotopic (exact) mass is 905 g/mol. The quantitative estimate of drug-likeness (QED) is 0.0885. The number of benzene rings is 1. The second-order valence-corrected chi connectivity index (χ2v) is 22.3. The van der Waals surface area contributed by atoms with Crippen molar-refractivity contribution in [1.29, 1.82) is 0 Å². The lowest BCUT2D eigenvalue weighted by atomic mass is 9.51. The molecule has 5 atom stereocenters. The molecule has 8 aliphatic carbocycles. The van der Waals surface area contributed by atoms with Crippen molar-refractivity contribution in [3.63, 3.8) is 0 Å².